The van der Waals surface area contributed by atoms with Crippen LogP contribution in [0.5, 0.6) is 0 Å². The lowest BCUT2D eigenvalue weighted by molar-refractivity contribution is -0.137. The Labute approximate surface area is 183 Å². The summed E-state index contributed by atoms with van der Waals surface area (Å²) < 4.78 is 14.3. The molecule has 158 valence electrons. The third kappa shape index (κ3) is 4.14. The lowest BCUT2D eigenvalue weighted by atomic mass is 9.97. The van der Waals surface area contributed by atoms with Gasteiger partial charge in [0.25, 0.3) is 0 Å². The van der Waals surface area contributed by atoms with Crippen LogP contribution in [-0.4, -0.2) is 27.1 Å². The van der Waals surface area contributed by atoms with Gasteiger partial charge in [-0.25, -0.2) is 19.2 Å². The van der Waals surface area contributed by atoms with Crippen molar-refractivity contribution in [3.63, 3.8) is 0 Å². The predicted molar refractivity (Wildman–Crippen MR) is 122 cm³/mol. The third-order valence-electron chi connectivity index (χ3n) is 5.31. The van der Waals surface area contributed by atoms with Crippen LogP contribution in [0.3, 0.4) is 0 Å². The highest BCUT2D eigenvalue weighted by Crippen LogP contribution is 2.42. The van der Waals surface area contributed by atoms with E-state index < -0.39 is 12.0 Å². The standard InChI is InChI=1S/C24H22FN3O2S/c1-3-19-20(16-10-7-11-17(25)14(16)2)21-22(26-13-27-23(21)31-19)28-18(24(29)30)12-15-8-5-4-6-9-15/h4-11,13,18H,3,12H2,1-2H3,(H,29,30)(H,26,27,28)/t18-/m1/s1. The number of halogens is 1. The van der Waals surface area contributed by atoms with Crippen molar-refractivity contribution < 1.29 is 14.3 Å². The van der Waals surface area contributed by atoms with E-state index in [2.05, 4.69) is 15.3 Å². The summed E-state index contributed by atoms with van der Waals surface area (Å²) in [5.41, 5.74) is 3.10. The number of nitrogens with zero attached hydrogens (tertiary/aromatic N) is 2. The summed E-state index contributed by atoms with van der Waals surface area (Å²) in [6.07, 6.45) is 2.49. The fraction of sp³-hybridized carbons (Fsp3) is 0.208. The van der Waals surface area contributed by atoms with Crippen LogP contribution in [0.4, 0.5) is 10.2 Å². The normalized spacial score (nSPS) is 12.1. The number of carboxylic acid groups (broad SMARTS) is 1. The summed E-state index contributed by atoms with van der Waals surface area (Å²) in [6.45, 7) is 3.79. The molecule has 2 aromatic heterocycles. The Kier molecular flexibility index (Phi) is 5.95. The molecular formula is C24H22FN3O2S. The summed E-state index contributed by atoms with van der Waals surface area (Å²) in [5, 5.41) is 13.7. The number of thiophene rings is 1. The SMILES string of the molecule is CCc1sc2ncnc(N[C@H](Cc3ccccc3)C(=O)O)c2c1-c1cccc(F)c1C. The predicted octanol–water partition coefficient (Wildman–Crippen LogP) is 5.48. The van der Waals surface area contributed by atoms with Crippen molar-refractivity contribution in [1.82, 2.24) is 9.97 Å². The molecule has 4 rings (SSSR count). The largest absolute Gasteiger partial charge is 0.480 e. The van der Waals surface area contributed by atoms with Crippen molar-refractivity contribution in [2.24, 2.45) is 0 Å². The van der Waals surface area contributed by atoms with Gasteiger partial charge in [0.2, 0.25) is 0 Å². The average molecular weight is 436 g/mol. The number of aliphatic carboxylic acids is 1. The molecule has 31 heavy (non-hydrogen) atoms. The van der Waals surface area contributed by atoms with Gasteiger partial charge in [-0.15, -0.1) is 11.3 Å². The van der Waals surface area contributed by atoms with Gasteiger partial charge in [0.1, 0.15) is 28.8 Å². The molecular weight excluding hydrogens is 413 g/mol. The second kappa shape index (κ2) is 8.81. The van der Waals surface area contributed by atoms with Crippen molar-refractivity contribution in [3.8, 4) is 11.1 Å². The van der Waals surface area contributed by atoms with Gasteiger partial charge in [-0.2, -0.15) is 0 Å². The highest BCUT2D eigenvalue weighted by Gasteiger charge is 2.24. The average Bonchev–Trinajstić information content (AvgIpc) is 3.15. The molecule has 0 fully saturated rings. The molecule has 0 aliphatic rings. The van der Waals surface area contributed by atoms with Crippen LogP contribution in [0.1, 0.15) is 22.9 Å². The molecule has 2 heterocycles. The molecule has 0 unspecified atom stereocenters. The Hall–Kier alpha value is -3.32. The number of carbonyl (C=O) groups is 1. The van der Waals surface area contributed by atoms with Crippen LogP contribution in [-0.2, 0) is 17.6 Å². The molecule has 0 amide bonds. The number of aromatic nitrogens is 2. The first-order valence-electron chi connectivity index (χ1n) is 10.0. The fourth-order valence-electron chi connectivity index (χ4n) is 3.72. The Morgan fingerprint density at radius 3 is 2.65 bits per heavy atom. The minimum atomic E-state index is -0.968. The lowest BCUT2D eigenvalue weighted by Gasteiger charge is -2.17. The van der Waals surface area contributed by atoms with E-state index in [1.807, 2.05) is 43.3 Å². The summed E-state index contributed by atoms with van der Waals surface area (Å²) in [5.74, 6) is -0.800. The maximum Gasteiger partial charge on any atom is 0.326 e. The maximum atomic E-state index is 14.3. The smallest absolute Gasteiger partial charge is 0.326 e. The van der Waals surface area contributed by atoms with E-state index in [0.717, 1.165) is 38.2 Å². The quantitative estimate of drug-likeness (QED) is 0.402. The first-order chi connectivity index (χ1) is 15.0. The summed E-state index contributed by atoms with van der Waals surface area (Å²) in [4.78, 5) is 22.6. The van der Waals surface area contributed by atoms with E-state index in [4.69, 9.17) is 0 Å². The molecule has 0 radical (unpaired) electrons. The molecule has 7 heteroatoms. The van der Waals surface area contributed by atoms with E-state index in [-0.39, 0.29) is 5.82 Å². The minimum Gasteiger partial charge on any atom is -0.480 e. The van der Waals surface area contributed by atoms with Crippen LogP contribution in [0, 0.1) is 12.7 Å². The first kappa shape index (κ1) is 20.9. The van der Waals surface area contributed by atoms with Crippen molar-refractivity contribution in [2.75, 3.05) is 5.32 Å². The number of rotatable bonds is 7. The number of carboxylic acids is 1. The second-order valence-corrected chi connectivity index (χ2v) is 8.38. The summed E-state index contributed by atoms with van der Waals surface area (Å²) >= 11 is 1.53. The molecule has 4 aromatic rings. The zero-order valence-electron chi connectivity index (χ0n) is 17.2. The van der Waals surface area contributed by atoms with Crippen LogP contribution in [0.25, 0.3) is 21.3 Å². The van der Waals surface area contributed by atoms with Gasteiger partial charge < -0.3 is 10.4 Å². The zero-order chi connectivity index (χ0) is 22.0. The van der Waals surface area contributed by atoms with Crippen LogP contribution in [0.15, 0.2) is 54.9 Å². The molecule has 0 saturated heterocycles. The Morgan fingerprint density at radius 2 is 1.94 bits per heavy atom. The van der Waals surface area contributed by atoms with Gasteiger partial charge in [-0.1, -0.05) is 49.4 Å². The monoisotopic (exact) mass is 435 g/mol. The van der Waals surface area contributed by atoms with E-state index in [1.54, 1.807) is 13.0 Å². The number of nitrogens with one attached hydrogen (secondary N) is 1. The summed E-state index contributed by atoms with van der Waals surface area (Å²) in [7, 11) is 0. The van der Waals surface area contributed by atoms with Gasteiger partial charge in [-0.05, 0) is 36.1 Å². The molecule has 0 aliphatic carbocycles. The molecule has 5 nitrogen and oxygen atoms in total. The lowest BCUT2D eigenvalue weighted by Crippen LogP contribution is -2.32. The highest BCUT2D eigenvalue weighted by molar-refractivity contribution is 7.19. The Morgan fingerprint density at radius 1 is 1.16 bits per heavy atom. The van der Waals surface area contributed by atoms with Gasteiger partial charge in [0.05, 0.1) is 5.39 Å². The van der Waals surface area contributed by atoms with Crippen molar-refractivity contribution in [2.45, 2.75) is 32.7 Å². The zero-order valence-corrected chi connectivity index (χ0v) is 18.0. The molecule has 2 N–H and O–H groups in total. The van der Waals surface area contributed by atoms with Gasteiger partial charge in [0, 0.05) is 16.9 Å². The molecule has 0 bridgehead atoms. The molecule has 0 saturated carbocycles. The highest BCUT2D eigenvalue weighted by atomic mass is 32.1. The van der Waals surface area contributed by atoms with Crippen LogP contribution in [0.2, 0.25) is 0 Å². The minimum absolute atomic E-state index is 0.280. The van der Waals surface area contributed by atoms with Crippen LogP contribution >= 0.6 is 11.3 Å². The number of aryl methyl sites for hydroxylation is 1. The molecule has 2 aromatic carbocycles. The number of hydrogen-bond donors (Lipinski definition) is 2. The third-order valence-corrected chi connectivity index (χ3v) is 6.55. The van der Waals surface area contributed by atoms with E-state index in [0.29, 0.717) is 17.8 Å². The maximum absolute atomic E-state index is 14.3. The Bertz CT molecular complexity index is 1240. The van der Waals surface area contributed by atoms with E-state index >= 15 is 0 Å². The van der Waals surface area contributed by atoms with Crippen molar-refractivity contribution in [3.05, 3.63) is 76.7 Å². The van der Waals surface area contributed by atoms with Crippen molar-refractivity contribution >= 4 is 33.3 Å². The Balaban J connectivity index is 1.84. The molecule has 0 aliphatic heterocycles. The fourth-order valence-corrected chi connectivity index (χ4v) is 4.81. The van der Waals surface area contributed by atoms with Gasteiger partial charge in [0.15, 0.2) is 0 Å². The molecule has 0 spiro atoms. The van der Waals surface area contributed by atoms with Gasteiger partial charge in [-0.3, -0.25) is 0 Å². The second-order valence-electron chi connectivity index (χ2n) is 7.29. The van der Waals surface area contributed by atoms with Gasteiger partial charge >= 0.3 is 5.97 Å². The number of hydrogen-bond acceptors (Lipinski definition) is 5. The van der Waals surface area contributed by atoms with E-state index in [1.165, 1.54) is 23.7 Å². The number of fused-ring (bicyclic) bond motifs is 1. The topological polar surface area (TPSA) is 75.1 Å². The first-order valence-corrected chi connectivity index (χ1v) is 10.9. The van der Waals surface area contributed by atoms with Crippen molar-refractivity contribution in [1.29, 1.82) is 0 Å². The molecule has 1 atom stereocenters. The summed E-state index contributed by atoms with van der Waals surface area (Å²) in [6, 6.07) is 13.6. The van der Waals surface area contributed by atoms with E-state index in [9.17, 15) is 14.3 Å². The number of anilines is 1. The van der Waals surface area contributed by atoms with Crippen LogP contribution < -0.4 is 5.32 Å². The number of benzene rings is 2.